The van der Waals surface area contributed by atoms with Gasteiger partial charge in [0.1, 0.15) is 5.82 Å². The van der Waals surface area contributed by atoms with Crippen LogP contribution >= 0.6 is 0 Å². The number of piperazine rings is 1. The first-order chi connectivity index (χ1) is 11.2. The molecule has 1 saturated carbocycles. The molecule has 1 aliphatic heterocycles. The average Bonchev–Trinajstić information content (AvgIpc) is 3.18. The molecule has 1 aromatic carbocycles. The molecule has 4 rings (SSSR count). The summed E-state index contributed by atoms with van der Waals surface area (Å²) in [6, 6.07) is 6.02. The van der Waals surface area contributed by atoms with E-state index in [1.54, 1.807) is 17.0 Å². The largest absolute Gasteiger partial charge is 0.332 e. The molecule has 2 bridgehead atoms. The topological polar surface area (TPSA) is 24.8 Å². The molecule has 0 aromatic heterocycles. The minimum atomic E-state index is -0.343. The third-order valence-corrected chi connectivity index (χ3v) is 5.80. The van der Waals surface area contributed by atoms with Crippen molar-refractivity contribution in [1.29, 1.82) is 0 Å². The standard InChI is InChI=1S/C19H23FN2O/c20-18-3-1-2-16(12-18)19(23)22-8-6-21(7-9-22)13-17-11-14-4-5-15(17)10-14/h1-5,12,14-15,17H,6-11,13H2/p+1/t14-,15-,17-/m0/s1. The molecular formula is C19H24FN2O+. The summed E-state index contributed by atoms with van der Waals surface area (Å²) in [7, 11) is 0. The normalized spacial score (nSPS) is 30.1. The summed E-state index contributed by atoms with van der Waals surface area (Å²) in [6.07, 6.45) is 7.53. The molecule has 1 heterocycles. The van der Waals surface area contributed by atoms with Crippen LogP contribution in [0.3, 0.4) is 0 Å². The molecule has 0 radical (unpaired) electrons. The van der Waals surface area contributed by atoms with Gasteiger partial charge < -0.3 is 9.80 Å². The number of benzene rings is 1. The fourth-order valence-corrected chi connectivity index (χ4v) is 4.53. The van der Waals surface area contributed by atoms with Crippen LogP contribution in [0.5, 0.6) is 0 Å². The second kappa shape index (κ2) is 6.08. The van der Waals surface area contributed by atoms with Crippen molar-refractivity contribution in [3.05, 3.63) is 47.8 Å². The molecule has 4 heteroatoms. The summed E-state index contributed by atoms with van der Waals surface area (Å²) in [4.78, 5) is 15.9. The lowest BCUT2D eigenvalue weighted by molar-refractivity contribution is -0.907. The van der Waals surface area contributed by atoms with Crippen molar-refractivity contribution in [3.63, 3.8) is 0 Å². The molecular weight excluding hydrogens is 291 g/mol. The molecule has 2 fully saturated rings. The lowest BCUT2D eigenvalue weighted by Gasteiger charge is -2.34. The van der Waals surface area contributed by atoms with Gasteiger partial charge in [0.2, 0.25) is 0 Å². The van der Waals surface area contributed by atoms with Gasteiger partial charge >= 0.3 is 0 Å². The first-order valence-electron chi connectivity index (χ1n) is 8.76. The summed E-state index contributed by atoms with van der Waals surface area (Å²) in [6.45, 7) is 4.83. The molecule has 1 amide bonds. The van der Waals surface area contributed by atoms with Gasteiger partial charge in [-0.2, -0.15) is 0 Å². The van der Waals surface area contributed by atoms with E-state index in [0.717, 1.165) is 43.9 Å². The fraction of sp³-hybridized carbons (Fsp3) is 0.526. The van der Waals surface area contributed by atoms with Crippen molar-refractivity contribution in [2.45, 2.75) is 12.8 Å². The highest BCUT2D eigenvalue weighted by atomic mass is 19.1. The smallest absolute Gasteiger partial charge is 0.254 e. The molecule has 0 spiro atoms. The summed E-state index contributed by atoms with van der Waals surface area (Å²) in [5, 5.41) is 0. The average molecular weight is 315 g/mol. The number of amides is 1. The fourth-order valence-electron chi connectivity index (χ4n) is 4.53. The molecule has 3 atom stereocenters. The molecule has 3 nitrogen and oxygen atoms in total. The number of nitrogens with zero attached hydrogens (tertiary/aromatic N) is 1. The highest BCUT2D eigenvalue weighted by molar-refractivity contribution is 5.94. The number of fused-ring (bicyclic) bond motifs is 2. The quantitative estimate of drug-likeness (QED) is 0.838. The Labute approximate surface area is 136 Å². The van der Waals surface area contributed by atoms with E-state index in [0.29, 0.717) is 5.56 Å². The van der Waals surface area contributed by atoms with Crippen molar-refractivity contribution in [3.8, 4) is 0 Å². The molecule has 2 aliphatic carbocycles. The van der Waals surface area contributed by atoms with Gasteiger partial charge in [0, 0.05) is 11.5 Å². The zero-order valence-corrected chi connectivity index (χ0v) is 13.4. The van der Waals surface area contributed by atoms with Crippen LogP contribution in [0, 0.1) is 23.6 Å². The van der Waals surface area contributed by atoms with Crippen LogP contribution in [0.1, 0.15) is 23.2 Å². The third-order valence-electron chi connectivity index (χ3n) is 5.80. The molecule has 1 N–H and O–H groups in total. The number of quaternary nitrogens is 1. The van der Waals surface area contributed by atoms with Crippen LogP contribution in [-0.2, 0) is 0 Å². The van der Waals surface area contributed by atoms with Crippen molar-refractivity contribution in [2.75, 3.05) is 32.7 Å². The lowest BCUT2D eigenvalue weighted by atomic mass is 9.93. The molecule has 3 aliphatic rings. The van der Waals surface area contributed by atoms with E-state index in [4.69, 9.17) is 0 Å². The van der Waals surface area contributed by atoms with Crippen LogP contribution in [0.4, 0.5) is 4.39 Å². The number of hydrogen-bond acceptors (Lipinski definition) is 1. The Morgan fingerprint density at radius 3 is 2.70 bits per heavy atom. The summed E-state index contributed by atoms with van der Waals surface area (Å²) < 4.78 is 13.3. The van der Waals surface area contributed by atoms with Crippen LogP contribution in [0.15, 0.2) is 36.4 Å². The van der Waals surface area contributed by atoms with Gasteiger partial charge in [0.15, 0.2) is 0 Å². The van der Waals surface area contributed by atoms with Gasteiger partial charge in [-0.25, -0.2) is 4.39 Å². The van der Waals surface area contributed by atoms with Gasteiger partial charge in [0.05, 0.1) is 32.7 Å². The first kappa shape index (κ1) is 14.9. The second-order valence-corrected chi connectivity index (χ2v) is 7.30. The minimum Gasteiger partial charge on any atom is -0.332 e. The number of carbonyl (C=O) groups is 1. The Bertz CT molecular complexity index is 622. The number of nitrogens with one attached hydrogen (secondary N) is 1. The summed E-state index contributed by atoms with van der Waals surface area (Å²) >= 11 is 0. The van der Waals surface area contributed by atoms with Gasteiger partial charge in [-0.15, -0.1) is 0 Å². The van der Waals surface area contributed by atoms with Gasteiger partial charge in [-0.3, -0.25) is 4.79 Å². The monoisotopic (exact) mass is 315 g/mol. The molecule has 122 valence electrons. The van der Waals surface area contributed by atoms with E-state index in [2.05, 4.69) is 12.2 Å². The van der Waals surface area contributed by atoms with E-state index in [1.165, 1.54) is 31.5 Å². The Kier molecular flexibility index (Phi) is 3.93. The van der Waals surface area contributed by atoms with Crippen LogP contribution in [0.2, 0.25) is 0 Å². The number of hydrogen-bond donors (Lipinski definition) is 1. The lowest BCUT2D eigenvalue weighted by Crippen LogP contribution is -3.15. The zero-order chi connectivity index (χ0) is 15.8. The highest BCUT2D eigenvalue weighted by Crippen LogP contribution is 2.42. The van der Waals surface area contributed by atoms with Crippen LogP contribution < -0.4 is 4.90 Å². The van der Waals surface area contributed by atoms with Gasteiger partial charge in [-0.05, 0) is 42.9 Å². The number of allylic oxidation sites excluding steroid dienone is 2. The van der Waals surface area contributed by atoms with E-state index >= 15 is 0 Å². The Hall–Kier alpha value is -1.68. The SMILES string of the molecule is O=C(c1cccc(F)c1)N1CC[NH+](C[C@@H]2C[C@H]3C=C[C@H]2C3)CC1. The van der Waals surface area contributed by atoms with E-state index in [-0.39, 0.29) is 11.7 Å². The van der Waals surface area contributed by atoms with Crippen molar-refractivity contribution >= 4 is 5.91 Å². The highest BCUT2D eigenvalue weighted by Gasteiger charge is 2.38. The van der Waals surface area contributed by atoms with E-state index in [9.17, 15) is 9.18 Å². The Morgan fingerprint density at radius 2 is 2.04 bits per heavy atom. The maximum absolute atomic E-state index is 13.3. The van der Waals surface area contributed by atoms with Crippen molar-refractivity contribution in [2.24, 2.45) is 17.8 Å². The van der Waals surface area contributed by atoms with E-state index in [1.807, 2.05) is 4.90 Å². The minimum absolute atomic E-state index is 0.0357. The Balaban J connectivity index is 1.30. The molecule has 0 unspecified atom stereocenters. The maximum Gasteiger partial charge on any atom is 0.254 e. The first-order valence-corrected chi connectivity index (χ1v) is 8.76. The van der Waals surface area contributed by atoms with Crippen LogP contribution in [-0.4, -0.2) is 43.5 Å². The summed E-state index contributed by atoms with van der Waals surface area (Å²) in [5.74, 6) is 2.10. The molecule has 1 saturated heterocycles. The second-order valence-electron chi connectivity index (χ2n) is 7.30. The predicted octanol–water partition coefficient (Wildman–Crippen LogP) is 1.38. The number of rotatable bonds is 3. The van der Waals surface area contributed by atoms with Gasteiger partial charge in [-0.1, -0.05) is 18.2 Å². The summed E-state index contributed by atoms with van der Waals surface area (Å²) in [5.41, 5.74) is 0.465. The maximum atomic E-state index is 13.3. The zero-order valence-electron chi connectivity index (χ0n) is 13.4. The predicted molar refractivity (Wildman–Crippen MR) is 86.7 cm³/mol. The number of carbonyl (C=O) groups excluding carboxylic acids is 1. The molecule has 23 heavy (non-hydrogen) atoms. The Morgan fingerprint density at radius 1 is 1.22 bits per heavy atom. The molecule has 1 aromatic rings. The number of halogens is 1. The van der Waals surface area contributed by atoms with Gasteiger partial charge in [0.25, 0.3) is 5.91 Å². The third kappa shape index (κ3) is 3.05. The van der Waals surface area contributed by atoms with Crippen LogP contribution in [0.25, 0.3) is 0 Å². The van der Waals surface area contributed by atoms with E-state index < -0.39 is 0 Å². The van der Waals surface area contributed by atoms with Crippen molar-refractivity contribution in [1.82, 2.24) is 4.90 Å². The van der Waals surface area contributed by atoms with Crippen molar-refractivity contribution < 1.29 is 14.1 Å².